The van der Waals surface area contributed by atoms with Gasteiger partial charge in [0, 0.05) is 6.92 Å². The number of carbonyl (C=O) groups excluding carboxylic acids is 1. The largest absolute Gasteiger partial charge is 0.374 e. The van der Waals surface area contributed by atoms with Crippen molar-refractivity contribution in [2.24, 2.45) is 0 Å². The van der Waals surface area contributed by atoms with Crippen LogP contribution < -0.4 is 5.32 Å². The maximum absolute atomic E-state index is 12.2. The molecule has 190 valence electrons. The van der Waals surface area contributed by atoms with Gasteiger partial charge in [-0.3, -0.25) is 4.79 Å². The smallest absolute Gasteiger partial charge is 0.217 e. The third-order valence-electron chi connectivity index (χ3n) is 6.00. The van der Waals surface area contributed by atoms with Gasteiger partial charge >= 0.3 is 0 Å². The Morgan fingerprint density at radius 1 is 0.778 bits per heavy atom. The highest BCUT2D eigenvalue weighted by Gasteiger charge is 2.47. The third kappa shape index (κ3) is 7.46. The molecule has 0 aliphatic carbocycles. The van der Waals surface area contributed by atoms with Crippen LogP contribution >= 0.6 is 0 Å². The number of ether oxygens (including phenoxy) is 4. The summed E-state index contributed by atoms with van der Waals surface area (Å²) in [6.45, 7) is 2.56. The van der Waals surface area contributed by atoms with Gasteiger partial charge in [-0.1, -0.05) is 91.0 Å². The van der Waals surface area contributed by atoms with E-state index in [9.17, 15) is 9.90 Å². The van der Waals surface area contributed by atoms with Gasteiger partial charge < -0.3 is 29.4 Å². The third-order valence-corrected chi connectivity index (χ3v) is 6.00. The molecular formula is C29H33NO6. The van der Waals surface area contributed by atoms with Crippen molar-refractivity contribution >= 4 is 5.91 Å². The van der Waals surface area contributed by atoms with Crippen molar-refractivity contribution in [2.45, 2.75) is 57.4 Å². The van der Waals surface area contributed by atoms with Gasteiger partial charge in [-0.2, -0.15) is 0 Å². The Bertz CT molecular complexity index is 1050. The molecule has 5 atom stereocenters. The van der Waals surface area contributed by atoms with Crippen molar-refractivity contribution in [1.29, 1.82) is 0 Å². The number of carbonyl (C=O) groups is 1. The fraction of sp³-hybridized carbons (Fsp3) is 0.345. The summed E-state index contributed by atoms with van der Waals surface area (Å²) in [6.07, 6.45) is -3.34. The van der Waals surface area contributed by atoms with Crippen molar-refractivity contribution in [3.05, 3.63) is 108 Å². The summed E-state index contributed by atoms with van der Waals surface area (Å²) in [7, 11) is 0. The Morgan fingerprint density at radius 2 is 1.25 bits per heavy atom. The lowest BCUT2D eigenvalue weighted by Gasteiger charge is -2.44. The number of hydrogen-bond acceptors (Lipinski definition) is 6. The highest BCUT2D eigenvalue weighted by Crippen LogP contribution is 2.27. The zero-order valence-corrected chi connectivity index (χ0v) is 20.4. The van der Waals surface area contributed by atoms with E-state index in [2.05, 4.69) is 5.32 Å². The minimum atomic E-state index is -1.27. The first-order valence-electron chi connectivity index (χ1n) is 12.1. The maximum atomic E-state index is 12.2. The molecule has 36 heavy (non-hydrogen) atoms. The number of aliphatic hydroxyl groups is 1. The van der Waals surface area contributed by atoms with Gasteiger partial charge in [0.25, 0.3) is 0 Å². The molecule has 0 unspecified atom stereocenters. The SMILES string of the molecule is CC(=O)N[C@H]1[C@@H](OCc2ccccc2)[C@@H](O)O[C@H](COCc2ccccc2)[C@@H]1OCc1ccccc1. The van der Waals surface area contributed by atoms with Crippen LogP contribution in [0.2, 0.25) is 0 Å². The average Bonchev–Trinajstić information content (AvgIpc) is 2.89. The van der Waals surface area contributed by atoms with Crippen LogP contribution in [0.25, 0.3) is 0 Å². The lowest BCUT2D eigenvalue weighted by Crippen LogP contribution is -2.65. The van der Waals surface area contributed by atoms with Gasteiger partial charge in [0.2, 0.25) is 5.91 Å². The van der Waals surface area contributed by atoms with Crippen molar-refractivity contribution in [3.63, 3.8) is 0 Å². The summed E-state index contributed by atoms with van der Waals surface area (Å²) >= 11 is 0. The van der Waals surface area contributed by atoms with E-state index in [-0.39, 0.29) is 19.1 Å². The molecule has 2 N–H and O–H groups in total. The van der Waals surface area contributed by atoms with Gasteiger partial charge in [-0.05, 0) is 16.7 Å². The molecule has 1 aliphatic rings. The van der Waals surface area contributed by atoms with Crippen LogP contribution in [0.5, 0.6) is 0 Å². The molecule has 7 heteroatoms. The van der Waals surface area contributed by atoms with Crippen molar-refractivity contribution in [1.82, 2.24) is 5.32 Å². The minimum Gasteiger partial charge on any atom is -0.374 e. The Kier molecular flexibility index (Phi) is 9.61. The molecule has 1 heterocycles. The van der Waals surface area contributed by atoms with Gasteiger partial charge in [-0.15, -0.1) is 0 Å². The first-order chi connectivity index (χ1) is 17.6. The highest BCUT2D eigenvalue weighted by atomic mass is 16.7. The predicted octanol–water partition coefficient (Wildman–Crippen LogP) is 3.60. The first kappa shape index (κ1) is 26.0. The van der Waals surface area contributed by atoms with E-state index in [1.165, 1.54) is 6.92 Å². The topological polar surface area (TPSA) is 86.3 Å². The fourth-order valence-corrected chi connectivity index (χ4v) is 4.26. The Labute approximate surface area is 212 Å². The Hall–Kier alpha value is -3.07. The van der Waals surface area contributed by atoms with Gasteiger partial charge in [0.15, 0.2) is 6.29 Å². The number of hydrogen-bond donors (Lipinski definition) is 2. The van der Waals surface area contributed by atoms with E-state index < -0.39 is 30.6 Å². The summed E-state index contributed by atoms with van der Waals surface area (Å²) in [5, 5.41) is 13.8. The van der Waals surface area contributed by atoms with E-state index in [1.807, 2.05) is 91.0 Å². The molecule has 3 aromatic carbocycles. The second-order valence-corrected chi connectivity index (χ2v) is 8.81. The molecular weight excluding hydrogens is 458 g/mol. The lowest BCUT2D eigenvalue weighted by atomic mass is 9.95. The van der Waals surface area contributed by atoms with Crippen LogP contribution in [0.4, 0.5) is 0 Å². The van der Waals surface area contributed by atoms with Gasteiger partial charge in [0.05, 0.1) is 32.5 Å². The monoisotopic (exact) mass is 491 g/mol. The second kappa shape index (κ2) is 13.3. The molecule has 1 fully saturated rings. The van der Waals surface area contributed by atoms with E-state index in [1.54, 1.807) is 0 Å². The van der Waals surface area contributed by atoms with E-state index in [0.717, 1.165) is 16.7 Å². The molecule has 0 spiro atoms. The zero-order valence-electron chi connectivity index (χ0n) is 20.4. The fourth-order valence-electron chi connectivity index (χ4n) is 4.26. The van der Waals surface area contributed by atoms with Crippen LogP contribution in [-0.2, 0) is 43.6 Å². The Morgan fingerprint density at radius 3 is 1.75 bits per heavy atom. The van der Waals surface area contributed by atoms with Crippen molar-refractivity contribution in [3.8, 4) is 0 Å². The van der Waals surface area contributed by atoms with Crippen LogP contribution in [0.1, 0.15) is 23.6 Å². The molecule has 1 aliphatic heterocycles. The van der Waals surface area contributed by atoms with Crippen molar-refractivity contribution < 1.29 is 28.8 Å². The summed E-state index contributed by atoms with van der Waals surface area (Å²) in [5.74, 6) is -0.250. The summed E-state index contributed by atoms with van der Waals surface area (Å²) < 4.78 is 24.3. The number of aliphatic hydroxyl groups excluding tert-OH is 1. The van der Waals surface area contributed by atoms with Crippen LogP contribution in [0.3, 0.4) is 0 Å². The van der Waals surface area contributed by atoms with Crippen molar-refractivity contribution in [2.75, 3.05) is 6.61 Å². The van der Waals surface area contributed by atoms with E-state index in [0.29, 0.717) is 13.2 Å². The highest BCUT2D eigenvalue weighted by molar-refractivity contribution is 5.73. The van der Waals surface area contributed by atoms with Gasteiger partial charge in [-0.25, -0.2) is 0 Å². The lowest BCUT2D eigenvalue weighted by molar-refractivity contribution is -0.284. The normalized spacial score (nSPS) is 23.8. The van der Waals surface area contributed by atoms with Gasteiger partial charge in [0.1, 0.15) is 18.3 Å². The zero-order chi connectivity index (χ0) is 25.2. The summed E-state index contributed by atoms with van der Waals surface area (Å²) in [6, 6.07) is 28.6. The maximum Gasteiger partial charge on any atom is 0.217 e. The molecule has 0 aromatic heterocycles. The molecule has 3 aromatic rings. The molecule has 0 bridgehead atoms. The summed E-state index contributed by atoms with van der Waals surface area (Å²) in [5.41, 5.74) is 2.95. The molecule has 1 amide bonds. The molecule has 4 rings (SSSR count). The number of rotatable bonds is 11. The molecule has 1 saturated heterocycles. The number of amides is 1. The van der Waals surface area contributed by atoms with E-state index in [4.69, 9.17) is 18.9 Å². The molecule has 0 saturated carbocycles. The predicted molar refractivity (Wildman–Crippen MR) is 135 cm³/mol. The minimum absolute atomic E-state index is 0.174. The van der Waals surface area contributed by atoms with Crippen LogP contribution in [0, 0.1) is 0 Å². The number of benzene rings is 3. The van der Waals surface area contributed by atoms with E-state index >= 15 is 0 Å². The number of nitrogens with one attached hydrogen (secondary N) is 1. The molecule has 7 nitrogen and oxygen atoms in total. The molecule has 0 radical (unpaired) electrons. The second-order valence-electron chi connectivity index (χ2n) is 8.81. The average molecular weight is 492 g/mol. The van der Waals surface area contributed by atoms with Crippen LogP contribution in [0.15, 0.2) is 91.0 Å². The van der Waals surface area contributed by atoms with Crippen LogP contribution in [-0.4, -0.2) is 48.3 Å². The first-order valence-corrected chi connectivity index (χ1v) is 12.1. The quantitative estimate of drug-likeness (QED) is 0.426. The summed E-state index contributed by atoms with van der Waals surface area (Å²) in [4.78, 5) is 12.2. The Balaban J connectivity index is 1.51. The standard InChI is InChI=1S/C29H33NO6/c1-21(31)30-26-27(34-18-23-13-7-3-8-14-23)25(20-33-17-22-11-5-2-6-12-22)36-29(32)28(26)35-19-24-15-9-4-10-16-24/h2-16,25-29,32H,17-20H2,1H3,(H,30,31)/t25-,26-,27+,28-,29+/m1/s1.